The van der Waals surface area contributed by atoms with Crippen LogP contribution >= 0.6 is 0 Å². The highest BCUT2D eigenvalue weighted by atomic mass is 32.2. The summed E-state index contributed by atoms with van der Waals surface area (Å²) in [6, 6.07) is 11.6. The molecule has 8 heteroatoms. The largest absolute Gasteiger partial charge is 0.417 e. The minimum Gasteiger partial charge on any atom is -0.300 e. The van der Waals surface area contributed by atoms with Crippen LogP contribution in [0, 0.1) is 0 Å². The number of sulfone groups is 1. The second kappa shape index (κ2) is 6.60. The summed E-state index contributed by atoms with van der Waals surface area (Å²) in [7, 11) is -3.50. The average Bonchev–Trinajstić information content (AvgIpc) is 2.95. The van der Waals surface area contributed by atoms with Gasteiger partial charge in [-0.3, -0.25) is 4.79 Å². The number of hydrogen-bond acceptors (Lipinski definition) is 3. The van der Waals surface area contributed by atoms with Crippen molar-refractivity contribution in [1.82, 2.24) is 0 Å². The van der Waals surface area contributed by atoms with Crippen LogP contribution in [-0.2, 0) is 16.0 Å². The third-order valence-corrected chi connectivity index (χ3v) is 5.34. The number of benzene rings is 2. The summed E-state index contributed by atoms with van der Waals surface area (Å²) in [5.41, 5.74) is -1.27. The molecular formula is C18H14F3NO3S. The lowest BCUT2D eigenvalue weighted by Gasteiger charge is -2.28. The van der Waals surface area contributed by atoms with Gasteiger partial charge < -0.3 is 4.90 Å². The molecule has 1 aliphatic heterocycles. The molecule has 0 aromatic heterocycles. The maximum absolute atomic E-state index is 13.3. The predicted molar refractivity (Wildman–Crippen MR) is 91.4 cm³/mol. The average molecular weight is 381 g/mol. The van der Waals surface area contributed by atoms with E-state index in [9.17, 15) is 26.4 Å². The van der Waals surface area contributed by atoms with E-state index in [4.69, 9.17) is 0 Å². The van der Waals surface area contributed by atoms with Crippen molar-refractivity contribution in [1.29, 1.82) is 0 Å². The molecule has 136 valence electrons. The molecule has 0 saturated carbocycles. The molecule has 26 heavy (non-hydrogen) atoms. The van der Waals surface area contributed by atoms with Gasteiger partial charge in [0.1, 0.15) is 0 Å². The molecule has 0 fully saturated rings. The third-order valence-electron chi connectivity index (χ3n) is 3.96. The van der Waals surface area contributed by atoms with Crippen molar-refractivity contribution < 1.29 is 26.4 Å². The zero-order valence-electron chi connectivity index (χ0n) is 13.3. The van der Waals surface area contributed by atoms with E-state index < -0.39 is 39.1 Å². The Morgan fingerprint density at radius 1 is 1.00 bits per heavy atom. The van der Waals surface area contributed by atoms with Gasteiger partial charge in [0.2, 0.25) is 0 Å². The first-order valence-electron chi connectivity index (χ1n) is 7.65. The Hall–Kier alpha value is -2.61. The molecule has 1 aliphatic rings. The van der Waals surface area contributed by atoms with Crippen LogP contribution in [0.3, 0.4) is 0 Å². The molecule has 3 rings (SSSR count). The van der Waals surface area contributed by atoms with Crippen molar-refractivity contribution in [3.8, 4) is 0 Å². The lowest BCUT2D eigenvalue weighted by atomic mass is 10.0. The normalized spacial score (nSPS) is 18.7. The first kappa shape index (κ1) is 18.2. The molecular weight excluding hydrogens is 367 g/mol. The molecule has 0 unspecified atom stereocenters. The fourth-order valence-corrected chi connectivity index (χ4v) is 4.08. The van der Waals surface area contributed by atoms with Crippen molar-refractivity contribution in [2.45, 2.75) is 12.2 Å². The molecule has 1 amide bonds. The SMILES string of the molecule is O=C(c1ccccc1C(F)(F)F)N(c1ccccc1)[C@@H]1C=CS(=O)(=O)C1. The Morgan fingerprint density at radius 2 is 1.62 bits per heavy atom. The number of amides is 1. The second-order valence-electron chi connectivity index (χ2n) is 5.78. The van der Waals surface area contributed by atoms with Crippen LogP contribution in [0.1, 0.15) is 15.9 Å². The molecule has 0 N–H and O–H groups in total. The van der Waals surface area contributed by atoms with Crippen molar-refractivity contribution in [2.75, 3.05) is 10.7 Å². The molecule has 4 nitrogen and oxygen atoms in total. The van der Waals surface area contributed by atoms with Crippen LogP contribution in [0.4, 0.5) is 18.9 Å². The van der Waals surface area contributed by atoms with Gasteiger partial charge in [-0.05, 0) is 30.3 Å². The van der Waals surface area contributed by atoms with Gasteiger partial charge in [-0.25, -0.2) is 8.42 Å². The molecule has 0 saturated heterocycles. The Labute approximate surface area is 148 Å². The molecule has 0 bridgehead atoms. The molecule has 0 radical (unpaired) electrons. The van der Waals surface area contributed by atoms with Crippen molar-refractivity contribution in [3.63, 3.8) is 0 Å². The zero-order chi connectivity index (χ0) is 18.9. The van der Waals surface area contributed by atoms with Crippen molar-refractivity contribution in [2.24, 2.45) is 0 Å². The summed E-state index contributed by atoms with van der Waals surface area (Å²) in [6.07, 6.45) is -3.39. The highest BCUT2D eigenvalue weighted by molar-refractivity contribution is 7.94. The first-order chi connectivity index (χ1) is 12.2. The Morgan fingerprint density at radius 3 is 2.19 bits per heavy atom. The van der Waals surface area contributed by atoms with Gasteiger partial charge in [0.05, 0.1) is 22.9 Å². The zero-order valence-corrected chi connectivity index (χ0v) is 14.2. The van der Waals surface area contributed by atoms with Crippen molar-refractivity contribution >= 4 is 21.4 Å². The highest BCUT2D eigenvalue weighted by Gasteiger charge is 2.38. The summed E-state index contributed by atoms with van der Waals surface area (Å²) in [4.78, 5) is 14.1. The van der Waals surface area contributed by atoms with E-state index in [1.807, 2.05) is 0 Å². The molecule has 2 aromatic carbocycles. The number of hydrogen-bond donors (Lipinski definition) is 0. The van der Waals surface area contributed by atoms with Crippen LogP contribution in [0.5, 0.6) is 0 Å². The van der Waals surface area contributed by atoms with Gasteiger partial charge in [-0.15, -0.1) is 0 Å². The Bertz CT molecular complexity index is 953. The van der Waals surface area contributed by atoms with Crippen LogP contribution < -0.4 is 4.90 Å². The van der Waals surface area contributed by atoms with Crippen LogP contribution in [0.2, 0.25) is 0 Å². The van der Waals surface area contributed by atoms with Gasteiger partial charge >= 0.3 is 6.18 Å². The number of rotatable bonds is 3. The summed E-state index contributed by atoms with van der Waals surface area (Å²) in [5, 5.41) is 0.983. The fourth-order valence-electron chi connectivity index (χ4n) is 2.81. The third kappa shape index (κ3) is 3.65. The van der Waals surface area contributed by atoms with E-state index in [1.54, 1.807) is 30.3 Å². The van der Waals surface area contributed by atoms with E-state index in [-0.39, 0.29) is 5.75 Å². The number of alkyl halides is 3. The van der Waals surface area contributed by atoms with E-state index in [0.717, 1.165) is 22.4 Å². The molecule has 2 aromatic rings. The number of nitrogens with zero attached hydrogens (tertiary/aromatic N) is 1. The van der Waals surface area contributed by atoms with Gasteiger partial charge in [0, 0.05) is 11.1 Å². The van der Waals surface area contributed by atoms with Crippen LogP contribution in [0.25, 0.3) is 0 Å². The topological polar surface area (TPSA) is 54.5 Å². The van der Waals surface area contributed by atoms with Gasteiger partial charge in [-0.1, -0.05) is 30.3 Å². The monoisotopic (exact) mass is 381 g/mol. The number of carbonyl (C=O) groups is 1. The maximum atomic E-state index is 13.3. The quantitative estimate of drug-likeness (QED) is 0.815. The second-order valence-corrected chi connectivity index (χ2v) is 7.71. The van der Waals surface area contributed by atoms with Crippen molar-refractivity contribution in [3.05, 3.63) is 77.2 Å². The molecule has 1 atom stereocenters. The molecule has 0 spiro atoms. The van der Waals surface area contributed by atoms with Gasteiger partial charge in [0.15, 0.2) is 9.84 Å². The standard InChI is InChI=1S/C18H14F3NO3S/c19-18(20,21)16-9-5-4-8-15(16)17(23)22(13-6-2-1-3-7-13)14-10-11-26(24,25)12-14/h1-11,14H,12H2/t14-/m1/s1. The Kier molecular flexibility index (Phi) is 4.62. The van der Waals surface area contributed by atoms with E-state index in [0.29, 0.717) is 5.69 Å². The smallest absolute Gasteiger partial charge is 0.300 e. The molecule has 1 heterocycles. The summed E-state index contributed by atoms with van der Waals surface area (Å²) in [6.45, 7) is 0. The predicted octanol–water partition coefficient (Wildman–Crippen LogP) is 3.66. The fraction of sp³-hybridized carbons (Fsp3) is 0.167. The minimum absolute atomic E-state index is 0.321. The first-order valence-corrected chi connectivity index (χ1v) is 9.36. The molecule has 0 aliphatic carbocycles. The van der Waals surface area contributed by atoms with Crippen LogP contribution in [-0.4, -0.2) is 26.1 Å². The lowest BCUT2D eigenvalue weighted by Crippen LogP contribution is -2.42. The van der Waals surface area contributed by atoms with Gasteiger partial charge in [-0.2, -0.15) is 13.2 Å². The minimum atomic E-state index is -4.70. The number of anilines is 1. The number of para-hydroxylation sites is 1. The summed E-state index contributed by atoms with van der Waals surface area (Å²) < 4.78 is 63.4. The Balaban J connectivity index is 2.09. The summed E-state index contributed by atoms with van der Waals surface area (Å²) >= 11 is 0. The maximum Gasteiger partial charge on any atom is 0.417 e. The van der Waals surface area contributed by atoms with Crippen LogP contribution in [0.15, 0.2) is 66.1 Å². The van der Waals surface area contributed by atoms with Gasteiger partial charge in [0.25, 0.3) is 5.91 Å². The van der Waals surface area contributed by atoms with E-state index in [2.05, 4.69) is 0 Å². The highest BCUT2D eigenvalue weighted by Crippen LogP contribution is 2.34. The number of carbonyl (C=O) groups excluding carboxylic acids is 1. The number of halogens is 3. The lowest BCUT2D eigenvalue weighted by molar-refractivity contribution is -0.137. The summed E-state index contributed by atoms with van der Waals surface area (Å²) in [5.74, 6) is -1.28. The van der Waals surface area contributed by atoms with E-state index >= 15 is 0 Å². The van der Waals surface area contributed by atoms with E-state index in [1.165, 1.54) is 18.2 Å².